The molecule has 0 aromatic heterocycles. The molecule has 2 rings (SSSR count). The highest BCUT2D eigenvalue weighted by Gasteiger charge is 2.19. The molecule has 0 aliphatic rings. The summed E-state index contributed by atoms with van der Waals surface area (Å²) in [6, 6.07) is 9.28. The number of methoxy groups -OCH3 is 1. The fraction of sp³-hybridized carbons (Fsp3) is 0.235. The fourth-order valence-electron chi connectivity index (χ4n) is 2.29. The van der Waals surface area contributed by atoms with E-state index in [2.05, 4.69) is 0 Å². The Kier molecular flexibility index (Phi) is 6.24. The Morgan fingerprint density at radius 1 is 1.28 bits per heavy atom. The summed E-state index contributed by atoms with van der Waals surface area (Å²) in [5, 5.41) is 1.92. The summed E-state index contributed by atoms with van der Waals surface area (Å²) < 4.78 is 18.8. The summed E-state index contributed by atoms with van der Waals surface area (Å²) in [5.74, 6) is 12.1. The molecular weight excluding hydrogens is 343 g/mol. The van der Waals surface area contributed by atoms with Crippen LogP contribution in [0.25, 0.3) is 0 Å². The maximum atomic E-state index is 13.5. The van der Waals surface area contributed by atoms with Gasteiger partial charge in [0.25, 0.3) is 0 Å². The Hall–Kier alpha value is -2.29. The third-order valence-electron chi connectivity index (χ3n) is 3.65. The maximum absolute atomic E-state index is 13.5. The van der Waals surface area contributed by atoms with E-state index in [1.165, 1.54) is 38.1 Å². The molecule has 4 N–H and O–H groups in total. The molecule has 0 unspecified atom stereocenters. The van der Waals surface area contributed by atoms with Gasteiger partial charge in [-0.3, -0.25) is 5.01 Å². The van der Waals surface area contributed by atoms with Crippen LogP contribution in [0.5, 0.6) is 5.75 Å². The highest BCUT2D eigenvalue weighted by Crippen LogP contribution is 2.35. The van der Waals surface area contributed by atoms with Gasteiger partial charge in [-0.15, -0.1) is 11.8 Å². The second-order valence-electron chi connectivity index (χ2n) is 5.42. The second-order valence-corrected chi connectivity index (χ2v) is 6.44. The minimum Gasteiger partial charge on any atom is -0.496 e. The van der Waals surface area contributed by atoms with Gasteiger partial charge >= 0.3 is 6.03 Å². The summed E-state index contributed by atoms with van der Waals surface area (Å²) in [6.07, 6.45) is 0. The van der Waals surface area contributed by atoms with Crippen molar-refractivity contribution in [3.8, 4) is 5.75 Å². The number of hydrogen-bond acceptors (Lipinski definition) is 5. The van der Waals surface area contributed by atoms with E-state index < -0.39 is 6.03 Å². The molecule has 0 heterocycles. The van der Waals surface area contributed by atoms with E-state index in [-0.39, 0.29) is 5.82 Å². The van der Waals surface area contributed by atoms with Crippen molar-refractivity contribution >= 4 is 23.5 Å². The fourth-order valence-corrected chi connectivity index (χ4v) is 3.45. The molecule has 0 radical (unpaired) electrons. The highest BCUT2D eigenvalue weighted by molar-refractivity contribution is 7.98. The lowest BCUT2D eigenvalue weighted by Gasteiger charge is -2.24. The van der Waals surface area contributed by atoms with E-state index in [1.54, 1.807) is 12.1 Å². The number of benzene rings is 2. The number of aryl methyl sites for hydroxylation is 1. The number of nitrogens with two attached hydrogens (primary N) is 2. The first-order valence-electron chi connectivity index (χ1n) is 7.47. The van der Waals surface area contributed by atoms with Gasteiger partial charge in [-0.05, 0) is 42.3 Å². The van der Waals surface area contributed by atoms with Crippen molar-refractivity contribution in [1.29, 1.82) is 0 Å². The van der Waals surface area contributed by atoms with Gasteiger partial charge in [-0.25, -0.2) is 25.9 Å². The zero-order valence-electron chi connectivity index (χ0n) is 14.3. The molecule has 8 heteroatoms. The second kappa shape index (κ2) is 8.19. The van der Waals surface area contributed by atoms with Gasteiger partial charge in [-0.1, -0.05) is 12.1 Å². The van der Waals surface area contributed by atoms with Gasteiger partial charge in [0.05, 0.1) is 17.7 Å². The van der Waals surface area contributed by atoms with Crippen molar-refractivity contribution in [2.75, 3.05) is 19.2 Å². The molecule has 0 fully saturated rings. The van der Waals surface area contributed by atoms with Crippen molar-refractivity contribution in [3.05, 3.63) is 53.3 Å². The first kappa shape index (κ1) is 19.0. The van der Waals surface area contributed by atoms with Crippen molar-refractivity contribution in [2.45, 2.75) is 17.6 Å². The quantitative estimate of drug-likeness (QED) is 0.369. The van der Waals surface area contributed by atoms with Crippen LogP contribution in [-0.2, 0) is 5.75 Å². The zero-order valence-corrected chi connectivity index (χ0v) is 15.1. The maximum Gasteiger partial charge on any atom is 0.352 e. The zero-order chi connectivity index (χ0) is 18.6. The number of anilines is 1. The van der Waals surface area contributed by atoms with Crippen molar-refractivity contribution in [1.82, 2.24) is 5.01 Å². The highest BCUT2D eigenvalue weighted by atomic mass is 32.2. The van der Waals surface area contributed by atoms with E-state index in [0.29, 0.717) is 22.1 Å². The summed E-state index contributed by atoms with van der Waals surface area (Å²) in [6.45, 7) is 1.92. The molecule has 0 atom stereocenters. The number of hydrazine groups is 2. The lowest BCUT2D eigenvalue weighted by Crippen LogP contribution is -2.49. The number of carbonyl (C=O) groups is 1. The summed E-state index contributed by atoms with van der Waals surface area (Å²) >= 11 is 1.40. The molecule has 0 aliphatic carbocycles. The molecular formula is C17H21FN4O2S. The molecule has 134 valence electrons. The van der Waals surface area contributed by atoms with E-state index in [0.717, 1.165) is 21.1 Å². The van der Waals surface area contributed by atoms with Gasteiger partial charge in [0.15, 0.2) is 0 Å². The standard InChI is InChI=1S/C17H21FN4O2S/c1-11-5-4-6-14(22(20)17(23)21(2)19)13(11)10-25-16-9-12(18)7-8-15(16)24-3/h4-9H,10,19-20H2,1-3H3. The van der Waals surface area contributed by atoms with Crippen LogP contribution in [-0.4, -0.2) is 25.2 Å². The van der Waals surface area contributed by atoms with Crippen LogP contribution >= 0.6 is 11.8 Å². The minimum atomic E-state index is -0.541. The summed E-state index contributed by atoms with van der Waals surface area (Å²) in [4.78, 5) is 12.7. The van der Waals surface area contributed by atoms with Gasteiger partial charge in [-0.2, -0.15) is 0 Å². The van der Waals surface area contributed by atoms with Crippen LogP contribution in [0.1, 0.15) is 11.1 Å². The Balaban J connectivity index is 2.31. The Labute approximate surface area is 150 Å². The number of urea groups is 1. The lowest BCUT2D eigenvalue weighted by atomic mass is 10.1. The normalized spacial score (nSPS) is 10.5. The van der Waals surface area contributed by atoms with Gasteiger partial charge in [0.1, 0.15) is 11.6 Å². The van der Waals surface area contributed by atoms with Crippen LogP contribution < -0.4 is 21.4 Å². The number of nitrogens with zero attached hydrogens (tertiary/aromatic N) is 2. The van der Waals surface area contributed by atoms with Crippen molar-refractivity contribution in [2.24, 2.45) is 11.7 Å². The molecule has 0 bridgehead atoms. The minimum absolute atomic E-state index is 0.339. The number of carbonyl (C=O) groups excluding carboxylic acids is 1. The molecule has 0 saturated heterocycles. The number of hydrogen-bond donors (Lipinski definition) is 2. The molecule has 0 spiro atoms. The number of rotatable bonds is 5. The predicted molar refractivity (Wildman–Crippen MR) is 97.7 cm³/mol. The molecule has 2 amide bonds. The van der Waals surface area contributed by atoms with E-state index >= 15 is 0 Å². The van der Waals surface area contributed by atoms with Crippen LogP contribution in [0.15, 0.2) is 41.3 Å². The van der Waals surface area contributed by atoms with E-state index in [1.807, 2.05) is 19.1 Å². The molecule has 25 heavy (non-hydrogen) atoms. The van der Waals surface area contributed by atoms with Gasteiger partial charge in [0, 0.05) is 12.8 Å². The van der Waals surface area contributed by atoms with Crippen LogP contribution in [0, 0.1) is 12.7 Å². The smallest absolute Gasteiger partial charge is 0.352 e. The van der Waals surface area contributed by atoms with Crippen LogP contribution in [0.4, 0.5) is 14.9 Å². The third-order valence-corrected chi connectivity index (χ3v) is 4.71. The Morgan fingerprint density at radius 3 is 2.64 bits per heavy atom. The monoisotopic (exact) mass is 364 g/mol. The van der Waals surface area contributed by atoms with Gasteiger partial charge in [0.2, 0.25) is 0 Å². The third kappa shape index (κ3) is 4.41. The lowest BCUT2D eigenvalue weighted by molar-refractivity contribution is 0.216. The van der Waals surface area contributed by atoms with Crippen LogP contribution in [0.3, 0.4) is 0 Å². The summed E-state index contributed by atoms with van der Waals surface area (Å²) in [7, 11) is 2.96. The van der Waals surface area contributed by atoms with Crippen molar-refractivity contribution in [3.63, 3.8) is 0 Å². The van der Waals surface area contributed by atoms with E-state index in [4.69, 9.17) is 16.4 Å². The number of thioether (sulfide) groups is 1. The Bertz CT molecular complexity index is 770. The predicted octanol–water partition coefficient (Wildman–Crippen LogP) is 3.04. The largest absolute Gasteiger partial charge is 0.496 e. The molecule has 0 saturated carbocycles. The first-order chi connectivity index (χ1) is 11.8. The number of ether oxygens (including phenoxy) is 1. The molecule has 2 aromatic rings. The summed E-state index contributed by atoms with van der Waals surface area (Å²) in [5.41, 5.74) is 2.37. The molecule has 0 aliphatic heterocycles. The number of halogens is 1. The van der Waals surface area contributed by atoms with Crippen LogP contribution in [0.2, 0.25) is 0 Å². The SMILES string of the molecule is COc1ccc(F)cc1SCc1c(C)cccc1N(N)C(=O)N(C)N. The molecule has 2 aromatic carbocycles. The average molecular weight is 364 g/mol. The topological polar surface area (TPSA) is 84.8 Å². The Morgan fingerprint density at radius 2 is 2.00 bits per heavy atom. The molecule has 6 nitrogen and oxygen atoms in total. The van der Waals surface area contributed by atoms with Gasteiger partial charge < -0.3 is 4.74 Å². The van der Waals surface area contributed by atoms with E-state index in [9.17, 15) is 9.18 Å². The average Bonchev–Trinajstić information content (AvgIpc) is 2.59. The number of amides is 2. The van der Waals surface area contributed by atoms with Crippen molar-refractivity contribution < 1.29 is 13.9 Å². The first-order valence-corrected chi connectivity index (χ1v) is 8.45.